The Kier molecular flexibility index (Phi) is 6.44. The van der Waals surface area contributed by atoms with Crippen LogP contribution in [-0.2, 0) is 10.0 Å². The molecule has 1 N–H and O–H groups in total. The fourth-order valence-corrected chi connectivity index (χ4v) is 4.04. The predicted octanol–water partition coefficient (Wildman–Crippen LogP) is 1.94. The zero-order valence-electron chi connectivity index (χ0n) is 14.1. The van der Waals surface area contributed by atoms with Crippen LogP contribution in [0.5, 0.6) is 0 Å². The first-order valence-corrected chi connectivity index (χ1v) is 10.2. The van der Waals surface area contributed by atoms with Crippen molar-refractivity contribution >= 4 is 15.7 Å². The van der Waals surface area contributed by atoms with Gasteiger partial charge in [-0.05, 0) is 37.3 Å². The number of nitrogens with zero attached hydrogens (tertiary/aromatic N) is 2. The van der Waals surface area contributed by atoms with Crippen molar-refractivity contribution in [3.8, 4) is 0 Å². The van der Waals surface area contributed by atoms with Crippen molar-refractivity contribution in [3.63, 3.8) is 0 Å². The van der Waals surface area contributed by atoms with Gasteiger partial charge >= 0.3 is 0 Å². The molecule has 0 aliphatic carbocycles. The summed E-state index contributed by atoms with van der Waals surface area (Å²) in [6.45, 7) is 4.52. The lowest BCUT2D eigenvalue weighted by molar-refractivity contribution is 0.172. The van der Waals surface area contributed by atoms with E-state index in [0.717, 1.165) is 25.1 Å². The third kappa shape index (κ3) is 5.48. The molecule has 1 heterocycles. The molecule has 2 rings (SSSR count). The first kappa shape index (κ1) is 18.2. The number of piperidine rings is 1. The van der Waals surface area contributed by atoms with Gasteiger partial charge in [0.05, 0.1) is 12.4 Å². The van der Waals surface area contributed by atoms with Crippen LogP contribution in [0.15, 0.2) is 30.3 Å². The molecule has 6 heteroatoms. The van der Waals surface area contributed by atoms with E-state index in [-0.39, 0.29) is 6.10 Å². The average Bonchev–Trinajstić information content (AvgIpc) is 2.54. The Bertz CT molecular complexity index is 577. The van der Waals surface area contributed by atoms with Gasteiger partial charge in [0.1, 0.15) is 0 Å². The van der Waals surface area contributed by atoms with Gasteiger partial charge in [-0.25, -0.2) is 12.7 Å². The summed E-state index contributed by atoms with van der Waals surface area (Å²) in [5, 5.41) is 10.1. The minimum absolute atomic E-state index is 0.294. The summed E-state index contributed by atoms with van der Waals surface area (Å²) >= 11 is 0. The van der Waals surface area contributed by atoms with E-state index < -0.39 is 10.0 Å². The van der Waals surface area contributed by atoms with Gasteiger partial charge in [0.15, 0.2) is 0 Å². The molecule has 23 heavy (non-hydrogen) atoms. The second-order valence-electron chi connectivity index (χ2n) is 6.43. The molecular formula is C17H28N2O3S. The highest BCUT2D eigenvalue weighted by Crippen LogP contribution is 2.23. The van der Waals surface area contributed by atoms with Crippen LogP contribution < -0.4 is 4.90 Å². The molecule has 0 saturated carbocycles. The monoisotopic (exact) mass is 340 g/mol. The van der Waals surface area contributed by atoms with Crippen LogP contribution in [0.4, 0.5) is 5.69 Å². The van der Waals surface area contributed by atoms with Crippen molar-refractivity contribution in [3.05, 3.63) is 30.3 Å². The van der Waals surface area contributed by atoms with Gasteiger partial charge < -0.3 is 10.0 Å². The van der Waals surface area contributed by atoms with Crippen LogP contribution in [0.2, 0.25) is 0 Å². The first-order chi connectivity index (χ1) is 10.9. The van der Waals surface area contributed by atoms with E-state index in [9.17, 15) is 13.5 Å². The smallest absolute Gasteiger partial charge is 0.211 e. The number of hydrogen-bond acceptors (Lipinski definition) is 4. The van der Waals surface area contributed by atoms with Crippen molar-refractivity contribution < 1.29 is 13.5 Å². The van der Waals surface area contributed by atoms with E-state index in [2.05, 4.69) is 4.90 Å². The summed E-state index contributed by atoms with van der Waals surface area (Å²) in [5.74, 6) is 0.294. The molecule has 0 bridgehead atoms. The predicted molar refractivity (Wildman–Crippen MR) is 94.1 cm³/mol. The summed E-state index contributed by atoms with van der Waals surface area (Å²) in [6.07, 6.45) is 3.55. The van der Waals surface area contributed by atoms with E-state index in [1.54, 1.807) is 4.31 Å². The standard InChI is InChI=1S/C17H28N2O3S/c1-3-17(20)14-18(16-9-5-4-6-10-16)12-15-8-7-11-19(13-15)23(2,21)22/h4-6,9-10,15,17,20H,3,7-8,11-14H2,1-2H3. The molecule has 0 radical (unpaired) electrons. The maximum absolute atomic E-state index is 11.8. The minimum Gasteiger partial charge on any atom is -0.391 e. The fraction of sp³-hybridized carbons (Fsp3) is 0.647. The molecule has 2 atom stereocenters. The molecular weight excluding hydrogens is 312 g/mol. The number of hydrogen-bond donors (Lipinski definition) is 1. The highest BCUT2D eigenvalue weighted by molar-refractivity contribution is 7.88. The van der Waals surface area contributed by atoms with Gasteiger partial charge in [0.25, 0.3) is 0 Å². The Morgan fingerprint density at radius 3 is 2.65 bits per heavy atom. The topological polar surface area (TPSA) is 60.9 Å². The van der Waals surface area contributed by atoms with Crippen LogP contribution >= 0.6 is 0 Å². The molecule has 130 valence electrons. The molecule has 1 aliphatic rings. The molecule has 1 saturated heterocycles. The van der Waals surface area contributed by atoms with Crippen molar-refractivity contribution in [2.45, 2.75) is 32.3 Å². The minimum atomic E-state index is -3.12. The summed E-state index contributed by atoms with van der Waals surface area (Å²) in [6, 6.07) is 10.0. The Hall–Kier alpha value is -1.11. The van der Waals surface area contributed by atoms with E-state index in [0.29, 0.717) is 32.0 Å². The number of para-hydroxylation sites is 1. The second kappa shape index (κ2) is 8.13. The second-order valence-corrected chi connectivity index (χ2v) is 8.41. The van der Waals surface area contributed by atoms with Crippen LogP contribution in [-0.4, -0.2) is 56.4 Å². The van der Waals surface area contributed by atoms with Gasteiger partial charge in [-0.15, -0.1) is 0 Å². The van der Waals surface area contributed by atoms with Crippen LogP contribution in [0, 0.1) is 5.92 Å². The zero-order chi connectivity index (χ0) is 16.9. The van der Waals surface area contributed by atoms with Gasteiger partial charge in [0, 0.05) is 31.9 Å². The Morgan fingerprint density at radius 2 is 2.04 bits per heavy atom. The van der Waals surface area contributed by atoms with Crippen molar-refractivity contribution in [2.75, 3.05) is 37.3 Å². The Morgan fingerprint density at radius 1 is 1.35 bits per heavy atom. The SMILES string of the molecule is CCC(O)CN(CC1CCCN(S(C)(=O)=O)C1)c1ccccc1. The van der Waals surface area contributed by atoms with Gasteiger partial charge in [-0.1, -0.05) is 25.1 Å². The molecule has 0 amide bonds. The Balaban J connectivity index is 2.08. The highest BCUT2D eigenvalue weighted by Gasteiger charge is 2.27. The third-order valence-electron chi connectivity index (χ3n) is 4.45. The molecule has 2 unspecified atom stereocenters. The van der Waals surface area contributed by atoms with E-state index in [4.69, 9.17) is 0 Å². The highest BCUT2D eigenvalue weighted by atomic mass is 32.2. The fourth-order valence-electron chi connectivity index (χ4n) is 3.10. The summed E-state index contributed by atoms with van der Waals surface area (Å²) in [4.78, 5) is 2.19. The van der Waals surface area contributed by atoms with E-state index >= 15 is 0 Å². The molecule has 5 nitrogen and oxygen atoms in total. The van der Waals surface area contributed by atoms with Gasteiger partial charge in [-0.2, -0.15) is 0 Å². The molecule has 1 aromatic carbocycles. The largest absolute Gasteiger partial charge is 0.391 e. The van der Waals surface area contributed by atoms with Gasteiger partial charge in [-0.3, -0.25) is 0 Å². The van der Waals surface area contributed by atoms with E-state index in [1.807, 2.05) is 37.3 Å². The summed E-state index contributed by atoms with van der Waals surface area (Å²) in [5.41, 5.74) is 1.08. The number of benzene rings is 1. The zero-order valence-corrected chi connectivity index (χ0v) is 14.9. The molecule has 1 aromatic rings. The lowest BCUT2D eigenvalue weighted by atomic mass is 9.98. The van der Waals surface area contributed by atoms with Gasteiger partial charge in [0.2, 0.25) is 10.0 Å². The van der Waals surface area contributed by atoms with Crippen molar-refractivity contribution in [1.29, 1.82) is 0 Å². The number of aliphatic hydroxyl groups is 1. The first-order valence-electron chi connectivity index (χ1n) is 8.33. The lowest BCUT2D eigenvalue weighted by Crippen LogP contribution is -2.44. The van der Waals surface area contributed by atoms with Crippen molar-refractivity contribution in [2.24, 2.45) is 5.92 Å². The van der Waals surface area contributed by atoms with E-state index in [1.165, 1.54) is 6.26 Å². The summed E-state index contributed by atoms with van der Waals surface area (Å²) in [7, 11) is -3.12. The number of rotatable bonds is 7. The lowest BCUT2D eigenvalue weighted by Gasteiger charge is -2.36. The van der Waals surface area contributed by atoms with Crippen LogP contribution in [0.1, 0.15) is 26.2 Å². The van der Waals surface area contributed by atoms with Crippen LogP contribution in [0.3, 0.4) is 0 Å². The average molecular weight is 340 g/mol. The quantitative estimate of drug-likeness (QED) is 0.824. The maximum Gasteiger partial charge on any atom is 0.211 e. The molecule has 0 spiro atoms. The molecule has 1 aliphatic heterocycles. The number of aliphatic hydroxyl groups excluding tert-OH is 1. The van der Waals surface area contributed by atoms with Crippen LogP contribution in [0.25, 0.3) is 0 Å². The summed E-state index contributed by atoms with van der Waals surface area (Å²) < 4.78 is 25.2. The third-order valence-corrected chi connectivity index (χ3v) is 5.72. The molecule has 0 aromatic heterocycles. The number of sulfonamides is 1. The molecule has 1 fully saturated rings. The maximum atomic E-state index is 11.8. The Labute approximate surface area is 140 Å². The number of anilines is 1. The van der Waals surface area contributed by atoms with Crippen molar-refractivity contribution in [1.82, 2.24) is 4.31 Å². The normalized spacial score (nSPS) is 21.1.